The molecule has 92 valence electrons. The minimum atomic E-state index is -0.354. The Kier molecular flexibility index (Phi) is 3.50. The van der Waals surface area contributed by atoms with Gasteiger partial charge in [0.15, 0.2) is 0 Å². The highest BCUT2D eigenvalue weighted by molar-refractivity contribution is 5.82. The van der Waals surface area contributed by atoms with E-state index in [4.69, 9.17) is 5.73 Å². The van der Waals surface area contributed by atoms with E-state index in [9.17, 15) is 4.79 Å². The summed E-state index contributed by atoms with van der Waals surface area (Å²) >= 11 is 0. The fourth-order valence-corrected chi connectivity index (χ4v) is 2.61. The Morgan fingerprint density at radius 1 is 1.38 bits per heavy atom. The SMILES string of the molecule is C[C@H](N)C(=O)N(C1CC1)[C@H]1CCCN(C)C1. The molecule has 0 aromatic carbocycles. The fourth-order valence-electron chi connectivity index (χ4n) is 2.61. The van der Waals surface area contributed by atoms with E-state index in [0.29, 0.717) is 12.1 Å². The van der Waals surface area contributed by atoms with Crippen molar-refractivity contribution in [1.82, 2.24) is 9.80 Å². The third kappa shape index (κ3) is 2.55. The molecule has 0 unspecified atom stereocenters. The van der Waals surface area contributed by atoms with E-state index >= 15 is 0 Å². The summed E-state index contributed by atoms with van der Waals surface area (Å²) in [6, 6.07) is 0.521. The van der Waals surface area contributed by atoms with Crippen molar-refractivity contribution in [2.24, 2.45) is 5.73 Å². The highest BCUT2D eigenvalue weighted by Crippen LogP contribution is 2.31. The van der Waals surface area contributed by atoms with E-state index < -0.39 is 0 Å². The Morgan fingerprint density at radius 2 is 2.06 bits per heavy atom. The van der Waals surface area contributed by atoms with Crippen molar-refractivity contribution in [3.63, 3.8) is 0 Å². The molecular formula is C12H23N3O. The highest BCUT2D eigenvalue weighted by Gasteiger charge is 2.39. The average molecular weight is 225 g/mol. The molecule has 1 saturated heterocycles. The van der Waals surface area contributed by atoms with Gasteiger partial charge in [-0.2, -0.15) is 0 Å². The van der Waals surface area contributed by atoms with Crippen molar-refractivity contribution >= 4 is 5.91 Å². The first kappa shape index (κ1) is 11.9. The number of likely N-dealkylation sites (tertiary alicyclic amines) is 1. The lowest BCUT2D eigenvalue weighted by Crippen LogP contribution is -2.54. The van der Waals surface area contributed by atoms with E-state index in [-0.39, 0.29) is 11.9 Å². The summed E-state index contributed by atoms with van der Waals surface area (Å²) < 4.78 is 0. The number of rotatable bonds is 3. The van der Waals surface area contributed by atoms with Crippen LogP contribution < -0.4 is 5.73 Å². The number of hydrogen-bond acceptors (Lipinski definition) is 3. The summed E-state index contributed by atoms with van der Waals surface area (Å²) in [6.07, 6.45) is 4.66. The zero-order valence-electron chi connectivity index (χ0n) is 10.4. The quantitative estimate of drug-likeness (QED) is 0.757. The van der Waals surface area contributed by atoms with Gasteiger partial charge in [0.25, 0.3) is 0 Å². The van der Waals surface area contributed by atoms with Gasteiger partial charge < -0.3 is 15.5 Å². The molecule has 1 aliphatic heterocycles. The van der Waals surface area contributed by atoms with Gasteiger partial charge in [0.2, 0.25) is 5.91 Å². The second-order valence-electron chi connectivity index (χ2n) is 5.32. The van der Waals surface area contributed by atoms with Gasteiger partial charge in [-0.05, 0) is 46.2 Å². The molecule has 1 amide bonds. The van der Waals surface area contributed by atoms with E-state index in [0.717, 1.165) is 19.5 Å². The average Bonchev–Trinajstić information content (AvgIpc) is 3.02. The van der Waals surface area contributed by atoms with Crippen molar-refractivity contribution in [3.05, 3.63) is 0 Å². The molecule has 2 N–H and O–H groups in total. The van der Waals surface area contributed by atoms with Crippen molar-refractivity contribution in [3.8, 4) is 0 Å². The highest BCUT2D eigenvalue weighted by atomic mass is 16.2. The normalized spacial score (nSPS) is 28.8. The van der Waals surface area contributed by atoms with E-state index in [1.54, 1.807) is 6.92 Å². The van der Waals surface area contributed by atoms with E-state index in [1.807, 2.05) is 0 Å². The van der Waals surface area contributed by atoms with Crippen LogP contribution in [0.25, 0.3) is 0 Å². The van der Waals surface area contributed by atoms with E-state index in [1.165, 1.54) is 19.3 Å². The monoisotopic (exact) mass is 225 g/mol. The summed E-state index contributed by atoms with van der Waals surface area (Å²) in [7, 11) is 2.13. The molecule has 4 nitrogen and oxygen atoms in total. The zero-order valence-corrected chi connectivity index (χ0v) is 10.4. The van der Waals surface area contributed by atoms with Gasteiger partial charge in [-0.25, -0.2) is 0 Å². The predicted molar refractivity (Wildman–Crippen MR) is 64.0 cm³/mol. The van der Waals surface area contributed by atoms with E-state index in [2.05, 4.69) is 16.8 Å². The molecule has 0 bridgehead atoms. The Morgan fingerprint density at radius 3 is 2.56 bits per heavy atom. The number of piperidine rings is 1. The van der Waals surface area contributed by atoms with Gasteiger partial charge in [0.1, 0.15) is 0 Å². The Labute approximate surface area is 97.8 Å². The molecule has 0 aromatic heterocycles. The van der Waals surface area contributed by atoms with Gasteiger partial charge in [0, 0.05) is 18.6 Å². The number of nitrogens with zero attached hydrogens (tertiary/aromatic N) is 2. The second-order valence-corrected chi connectivity index (χ2v) is 5.32. The van der Waals surface area contributed by atoms with Crippen LogP contribution in [-0.2, 0) is 4.79 Å². The molecule has 2 fully saturated rings. The van der Waals surface area contributed by atoms with Crippen LogP contribution in [0.5, 0.6) is 0 Å². The predicted octanol–water partition coefficient (Wildman–Crippen LogP) is 0.419. The number of carbonyl (C=O) groups is 1. The molecule has 2 atom stereocenters. The van der Waals surface area contributed by atoms with Gasteiger partial charge in [-0.1, -0.05) is 0 Å². The van der Waals surface area contributed by atoms with Crippen LogP contribution in [0.15, 0.2) is 0 Å². The Balaban J connectivity index is 2.03. The first-order chi connectivity index (χ1) is 7.59. The zero-order chi connectivity index (χ0) is 11.7. The molecule has 1 saturated carbocycles. The van der Waals surface area contributed by atoms with Gasteiger partial charge in [-0.15, -0.1) is 0 Å². The van der Waals surface area contributed by atoms with Crippen molar-refractivity contribution in [2.75, 3.05) is 20.1 Å². The minimum absolute atomic E-state index is 0.141. The Bertz CT molecular complexity index is 263. The van der Waals surface area contributed by atoms with Gasteiger partial charge in [0.05, 0.1) is 6.04 Å². The largest absolute Gasteiger partial charge is 0.334 e. The van der Waals surface area contributed by atoms with Crippen molar-refractivity contribution in [1.29, 1.82) is 0 Å². The molecule has 2 aliphatic rings. The van der Waals surface area contributed by atoms with Crippen LogP contribution in [0.4, 0.5) is 0 Å². The molecule has 4 heteroatoms. The van der Waals surface area contributed by atoms with Crippen molar-refractivity contribution in [2.45, 2.75) is 50.7 Å². The smallest absolute Gasteiger partial charge is 0.239 e. The molecule has 1 aliphatic carbocycles. The van der Waals surface area contributed by atoms with Crippen molar-refractivity contribution < 1.29 is 4.79 Å². The molecule has 0 aromatic rings. The standard InChI is InChI=1S/C12H23N3O/c1-9(13)12(16)15(10-5-6-10)11-4-3-7-14(2)8-11/h9-11H,3-8,13H2,1-2H3/t9-,11-/m0/s1. The van der Waals surface area contributed by atoms with Crippen LogP contribution in [0.3, 0.4) is 0 Å². The Hall–Kier alpha value is -0.610. The lowest BCUT2D eigenvalue weighted by Gasteiger charge is -2.39. The summed E-state index contributed by atoms with van der Waals surface area (Å²) in [5, 5.41) is 0. The topological polar surface area (TPSA) is 49.6 Å². The lowest BCUT2D eigenvalue weighted by molar-refractivity contribution is -0.136. The first-order valence-electron chi connectivity index (χ1n) is 6.36. The van der Waals surface area contributed by atoms with Crippen LogP contribution in [0.1, 0.15) is 32.6 Å². The number of likely N-dealkylation sites (N-methyl/N-ethyl adjacent to an activating group) is 1. The molecule has 0 spiro atoms. The van der Waals surface area contributed by atoms with Crippen LogP contribution in [0.2, 0.25) is 0 Å². The number of carbonyl (C=O) groups excluding carboxylic acids is 1. The first-order valence-corrected chi connectivity index (χ1v) is 6.36. The second kappa shape index (κ2) is 4.72. The summed E-state index contributed by atoms with van der Waals surface area (Å²) in [6.45, 7) is 3.96. The molecular weight excluding hydrogens is 202 g/mol. The molecule has 16 heavy (non-hydrogen) atoms. The third-order valence-corrected chi connectivity index (χ3v) is 3.58. The minimum Gasteiger partial charge on any atom is -0.334 e. The summed E-state index contributed by atoms with van der Waals surface area (Å²) in [5.74, 6) is 0.141. The molecule has 2 rings (SSSR count). The maximum absolute atomic E-state index is 12.1. The maximum Gasteiger partial charge on any atom is 0.239 e. The number of hydrogen-bond donors (Lipinski definition) is 1. The maximum atomic E-state index is 12.1. The molecule has 0 radical (unpaired) electrons. The third-order valence-electron chi connectivity index (χ3n) is 3.58. The number of amides is 1. The number of nitrogens with two attached hydrogens (primary N) is 1. The summed E-state index contributed by atoms with van der Waals surface area (Å²) in [4.78, 5) is 16.5. The van der Waals surface area contributed by atoms with Crippen LogP contribution >= 0.6 is 0 Å². The summed E-state index contributed by atoms with van der Waals surface area (Å²) in [5.41, 5.74) is 5.74. The van der Waals surface area contributed by atoms with Crippen LogP contribution in [-0.4, -0.2) is 54.0 Å². The van der Waals surface area contributed by atoms with Gasteiger partial charge in [-0.3, -0.25) is 4.79 Å². The fraction of sp³-hybridized carbons (Fsp3) is 0.917. The lowest BCUT2D eigenvalue weighted by atomic mass is 10.0. The van der Waals surface area contributed by atoms with Crippen LogP contribution in [0, 0.1) is 0 Å². The van der Waals surface area contributed by atoms with Gasteiger partial charge >= 0.3 is 0 Å². The molecule has 1 heterocycles.